The molecule has 1 N–H and O–H groups in total. The van der Waals surface area contributed by atoms with E-state index in [1.165, 1.54) is 22.7 Å². The van der Waals surface area contributed by atoms with Crippen LogP contribution in [0.3, 0.4) is 0 Å². The Morgan fingerprint density at radius 1 is 1.17 bits per heavy atom. The van der Waals surface area contributed by atoms with Gasteiger partial charge in [-0.25, -0.2) is 0 Å². The largest absolute Gasteiger partial charge is 0.340 e. The zero-order chi connectivity index (χ0) is 20.8. The van der Waals surface area contributed by atoms with E-state index in [4.69, 9.17) is 0 Å². The quantitative estimate of drug-likeness (QED) is 0.741. The zero-order valence-corrected chi connectivity index (χ0v) is 17.2. The van der Waals surface area contributed by atoms with E-state index in [0.29, 0.717) is 18.9 Å². The fourth-order valence-electron chi connectivity index (χ4n) is 3.86. The number of aromatic amines is 1. The molecular weight excluding hydrogens is 396 g/mol. The smallest absolute Gasteiger partial charge is 0.281 e. The summed E-state index contributed by atoms with van der Waals surface area (Å²) < 4.78 is 27.0. The Morgan fingerprint density at radius 3 is 2.55 bits per heavy atom. The summed E-state index contributed by atoms with van der Waals surface area (Å²) in [5, 5.41) is 8.02. The number of nitrogens with one attached hydrogen (secondary N) is 1. The molecule has 4 rings (SSSR count). The van der Waals surface area contributed by atoms with Gasteiger partial charge in [-0.3, -0.25) is 19.6 Å². The molecular formula is C18H24N6O4S. The molecule has 11 heteroatoms. The molecule has 2 aliphatic heterocycles. The van der Waals surface area contributed by atoms with Gasteiger partial charge in [-0.15, -0.1) is 0 Å². The number of para-hydroxylation sites is 1. The summed E-state index contributed by atoms with van der Waals surface area (Å²) in [6, 6.07) is 7.54. The highest BCUT2D eigenvalue weighted by atomic mass is 32.2. The number of rotatable bonds is 4. The molecule has 2 aromatic rings. The van der Waals surface area contributed by atoms with E-state index >= 15 is 0 Å². The van der Waals surface area contributed by atoms with Gasteiger partial charge in [0.2, 0.25) is 11.8 Å². The molecule has 3 heterocycles. The van der Waals surface area contributed by atoms with Crippen molar-refractivity contribution < 1.29 is 18.0 Å². The number of carbonyl (C=O) groups is 2. The summed E-state index contributed by atoms with van der Waals surface area (Å²) >= 11 is 0. The van der Waals surface area contributed by atoms with Crippen LogP contribution in [0, 0.1) is 5.92 Å². The summed E-state index contributed by atoms with van der Waals surface area (Å²) in [7, 11) is -0.501. The Bertz CT molecular complexity index is 1040. The standard InChI is InChI=1S/C18H24N6O4S/c1-21(2)29(27,28)23-9-7-22(8-10-23)18(26)13-11-16(25)24(12-13)17-14-5-3-4-6-15(14)19-20-17/h3-6,13H,7-12H2,1-2H3,(H,19,20). The third-order valence-corrected chi connectivity index (χ3v) is 7.46. The summed E-state index contributed by atoms with van der Waals surface area (Å²) in [5.41, 5.74) is 0.836. The highest BCUT2D eigenvalue weighted by molar-refractivity contribution is 7.86. The molecule has 0 aliphatic carbocycles. The first-order valence-electron chi connectivity index (χ1n) is 9.49. The van der Waals surface area contributed by atoms with Gasteiger partial charge in [0.15, 0.2) is 5.82 Å². The van der Waals surface area contributed by atoms with Gasteiger partial charge in [0.1, 0.15) is 0 Å². The lowest BCUT2D eigenvalue weighted by Gasteiger charge is -2.36. The monoisotopic (exact) mass is 420 g/mol. The SMILES string of the molecule is CN(C)S(=O)(=O)N1CCN(C(=O)C2CC(=O)N(c3n[nH]c4ccccc34)C2)CC1. The molecule has 1 atom stereocenters. The number of hydrogen-bond acceptors (Lipinski definition) is 5. The number of aromatic nitrogens is 2. The number of benzene rings is 1. The van der Waals surface area contributed by atoms with E-state index in [2.05, 4.69) is 10.2 Å². The van der Waals surface area contributed by atoms with E-state index in [1.54, 1.807) is 9.80 Å². The van der Waals surface area contributed by atoms with Gasteiger partial charge in [-0.1, -0.05) is 12.1 Å². The highest BCUT2D eigenvalue weighted by Crippen LogP contribution is 2.30. The molecule has 0 bridgehead atoms. The predicted octanol–water partition coefficient (Wildman–Crippen LogP) is -0.134. The number of amides is 2. The second-order valence-electron chi connectivity index (χ2n) is 7.51. The second-order valence-corrected chi connectivity index (χ2v) is 9.66. The molecule has 10 nitrogen and oxygen atoms in total. The summed E-state index contributed by atoms with van der Waals surface area (Å²) in [6.07, 6.45) is 0.135. The maximum atomic E-state index is 13.0. The number of fused-ring (bicyclic) bond motifs is 1. The van der Waals surface area contributed by atoms with Crippen molar-refractivity contribution in [1.82, 2.24) is 23.7 Å². The molecule has 0 spiro atoms. The molecule has 2 saturated heterocycles. The van der Waals surface area contributed by atoms with Crippen LogP contribution in [-0.2, 0) is 19.8 Å². The van der Waals surface area contributed by atoms with Crippen molar-refractivity contribution in [3.8, 4) is 0 Å². The van der Waals surface area contributed by atoms with Crippen LogP contribution in [0.4, 0.5) is 5.82 Å². The van der Waals surface area contributed by atoms with Crippen molar-refractivity contribution in [2.24, 2.45) is 5.92 Å². The fraction of sp³-hybridized carbons (Fsp3) is 0.500. The van der Waals surface area contributed by atoms with Crippen LogP contribution in [0.25, 0.3) is 10.9 Å². The van der Waals surface area contributed by atoms with E-state index in [-0.39, 0.29) is 37.9 Å². The number of anilines is 1. The fourth-order valence-corrected chi connectivity index (χ4v) is 4.95. The molecule has 2 amide bonds. The first kappa shape index (κ1) is 19.8. The first-order chi connectivity index (χ1) is 13.8. The van der Waals surface area contributed by atoms with Crippen molar-refractivity contribution in [2.75, 3.05) is 51.7 Å². The van der Waals surface area contributed by atoms with Crippen molar-refractivity contribution in [2.45, 2.75) is 6.42 Å². The van der Waals surface area contributed by atoms with Crippen molar-refractivity contribution in [3.05, 3.63) is 24.3 Å². The van der Waals surface area contributed by atoms with E-state index < -0.39 is 16.1 Å². The van der Waals surface area contributed by atoms with Crippen molar-refractivity contribution in [3.63, 3.8) is 0 Å². The topological polar surface area (TPSA) is 110 Å². The number of piperazine rings is 1. The van der Waals surface area contributed by atoms with Gasteiger partial charge in [-0.05, 0) is 12.1 Å². The van der Waals surface area contributed by atoms with Crippen LogP contribution in [0.1, 0.15) is 6.42 Å². The lowest BCUT2D eigenvalue weighted by atomic mass is 10.1. The summed E-state index contributed by atoms with van der Waals surface area (Å²) in [6.45, 7) is 1.42. The Kier molecular flexibility index (Phi) is 5.05. The maximum Gasteiger partial charge on any atom is 0.281 e. The first-order valence-corrected chi connectivity index (χ1v) is 10.9. The molecule has 156 valence electrons. The van der Waals surface area contributed by atoms with Crippen LogP contribution in [0.2, 0.25) is 0 Å². The lowest BCUT2D eigenvalue weighted by molar-refractivity contribution is -0.137. The Labute approximate surface area is 169 Å². The van der Waals surface area contributed by atoms with Crippen LogP contribution in [0.5, 0.6) is 0 Å². The van der Waals surface area contributed by atoms with Gasteiger partial charge in [0.05, 0.1) is 11.4 Å². The van der Waals surface area contributed by atoms with Gasteiger partial charge in [0, 0.05) is 58.6 Å². The predicted molar refractivity (Wildman–Crippen MR) is 107 cm³/mol. The molecule has 2 aliphatic rings. The Hall–Kier alpha value is -2.50. The molecule has 0 saturated carbocycles. The van der Waals surface area contributed by atoms with Crippen LogP contribution in [-0.4, -0.2) is 90.8 Å². The third kappa shape index (κ3) is 3.49. The van der Waals surface area contributed by atoms with E-state index in [1.807, 2.05) is 24.3 Å². The molecule has 0 radical (unpaired) electrons. The van der Waals surface area contributed by atoms with Crippen LogP contribution >= 0.6 is 0 Å². The molecule has 2 fully saturated rings. The molecule has 1 unspecified atom stereocenters. The third-order valence-electron chi connectivity index (χ3n) is 5.52. The number of carbonyl (C=O) groups excluding carboxylic acids is 2. The molecule has 29 heavy (non-hydrogen) atoms. The van der Waals surface area contributed by atoms with Gasteiger partial charge >= 0.3 is 0 Å². The summed E-state index contributed by atoms with van der Waals surface area (Å²) in [4.78, 5) is 28.8. The van der Waals surface area contributed by atoms with Gasteiger partial charge < -0.3 is 4.90 Å². The van der Waals surface area contributed by atoms with Crippen molar-refractivity contribution in [1.29, 1.82) is 0 Å². The summed E-state index contributed by atoms with van der Waals surface area (Å²) in [5.74, 6) is -0.144. The lowest BCUT2D eigenvalue weighted by Crippen LogP contribution is -2.54. The van der Waals surface area contributed by atoms with Crippen LogP contribution in [0.15, 0.2) is 24.3 Å². The van der Waals surface area contributed by atoms with E-state index in [0.717, 1.165) is 10.9 Å². The average Bonchev–Trinajstić information content (AvgIpc) is 3.30. The van der Waals surface area contributed by atoms with Gasteiger partial charge in [0.25, 0.3) is 10.2 Å². The number of H-pyrrole nitrogens is 1. The highest BCUT2D eigenvalue weighted by Gasteiger charge is 2.40. The average molecular weight is 420 g/mol. The zero-order valence-electron chi connectivity index (χ0n) is 16.4. The maximum absolute atomic E-state index is 13.0. The minimum absolute atomic E-state index is 0.109. The normalized spacial score (nSPS) is 21.5. The Balaban J connectivity index is 1.43. The number of hydrogen-bond donors (Lipinski definition) is 1. The molecule has 1 aromatic heterocycles. The van der Waals surface area contributed by atoms with Crippen molar-refractivity contribution >= 4 is 38.7 Å². The van der Waals surface area contributed by atoms with E-state index in [9.17, 15) is 18.0 Å². The minimum atomic E-state index is -3.48. The Morgan fingerprint density at radius 2 is 1.86 bits per heavy atom. The second kappa shape index (κ2) is 7.39. The molecule has 1 aromatic carbocycles. The van der Waals surface area contributed by atoms with Crippen LogP contribution < -0.4 is 4.90 Å². The minimum Gasteiger partial charge on any atom is -0.340 e. The number of nitrogens with zero attached hydrogens (tertiary/aromatic N) is 5. The van der Waals surface area contributed by atoms with Gasteiger partial charge in [-0.2, -0.15) is 22.1 Å².